The summed E-state index contributed by atoms with van der Waals surface area (Å²) in [5.41, 5.74) is -0.636. The molecule has 1 fully saturated rings. The predicted octanol–water partition coefficient (Wildman–Crippen LogP) is 4.65. The van der Waals surface area contributed by atoms with Crippen LogP contribution in [0, 0.1) is 0 Å². The molecule has 0 aromatic heterocycles. The van der Waals surface area contributed by atoms with Gasteiger partial charge in [-0.3, -0.25) is 0 Å². The third-order valence-corrected chi connectivity index (χ3v) is 11.7. The normalized spacial score (nSPS) is 20.9. The minimum Gasteiger partial charge on any atom is -0.465 e. The van der Waals surface area contributed by atoms with Crippen molar-refractivity contribution in [2.45, 2.75) is 89.6 Å². The minimum absolute atomic E-state index is 0.176. The third-order valence-electron chi connectivity index (χ3n) is 6.57. The molecule has 1 aliphatic rings. The van der Waals surface area contributed by atoms with Crippen molar-refractivity contribution in [1.29, 1.82) is 0 Å². The zero-order valence-corrected chi connectivity index (χ0v) is 23.2. The maximum Gasteiger partial charge on any atom is 0.407 e. The molecular formula is C28H40N2O5Si. The molecule has 196 valence electrons. The fourth-order valence-corrected chi connectivity index (χ4v) is 9.86. The molecule has 2 aromatic carbocycles. The van der Waals surface area contributed by atoms with Gasteiger partial charge in [-0.15, -0.1) is 0 Å². The lowest BCUT2D eigenvalue weighted by molar-refractivity contribution is 0.0434. The van der Waals surface area contributed by atoms with Crippen molar-refractivity contribution < 1.29 is 23.9 Å². The maximum atomic E-state index is 12.4. The molecule has 3 atom stereocenters. The van der Waals surface area contributed by atoms with Crippen LogP contribution in [0.15, 0.2) is 60.7 Å². The van der Waals surface area contributed by atoms with Crippen molar-refractivity contribution in [3.8, 4) is 0 Å². The quantitative estimate of drug-likeness (QED) is 0.490. The number of rotatable bonds is 6. The van der Waals surface area contributed by atoms with Gasteiger partial charge in [0.25, 0.3) is 8.32 Å². The number of carboxylic acid groups (broad SMARTS) is 1. The van der Waals surface area contributed by atoms with E-state index in [0.717, 1.165) is 0 Å². The van der Waals surface area contributed by atoms with Gasteiger partial charge in [-0.1, -0.05) is 81.4 Å². The van der Waals surface area contributed by atoms with Gasteiger partial charge in [-0.25, -0.2) is 9.59 Å². The number of carbonyl (C=O) groups excluding carboxylic acids is 1. The SMILES string of the molecule is CC(C)(C)OC(=O)N[C@H]1CCC(O[Si](c2ccccc2)(c2ccccc2)C(C)(C)C)C[C@H]1NC(=O)O. The number of nitrogens with one attached hydrogen (secondary N) is 2. The Bertz CT molecular complexity index is 978. The Morgan fingerprint density at radius 3 is 1.81 bits per heavy atom. The predicted molar refractivity (Wildman–Crippen MR) is 144 cm³/mol. The number of carbonyl (C=O) groups is 2. The second-order valence-electron chi connectivity index (χ2n) is 11.5. The molecule has 36 heavy (non-hydrogen) atoms. The first kappa shape index (κ1) is 27.7. The Hall–Kier alpha value is -2.84. The van der Waals surface area contributed by atoms with E-state index in [1.807, 2.05) is 36.4 Å². The Kier molecular flexibility index (Phi) is 8.51. The van der Waals surface area contributed by atoms with Gasteiger partial charge in [0.15, 0.2) is 0 Å². The zero-order valence-electron chi connectivity index (χ0n) is 22.2. The average molecular weight is 513 g/mol. The summed E-state index contributed by atoms with van der Waals surface area (Å²) in [6.45, 7) is 12.1. The molecule has 0 radical (unpaired) electrons. The van der Waals surface area contributed by atoms with E-state index in [-0.39, 0.29) is 17.2 Å². The fraction of sp³-hybridized carbons (Fsp3) is 0.500. The Labute approximate surface area is 215 Å². The molecule has 2 aromatic rings. The molecule has 3 rings (SSSR count). The van der Waals surface area contributed by atoms with Gasteiger partial charge in [0.2, 0.25) is 0 Å². The highest BCUT2D eigenvalue weighted by Gasteiger charge is 2.52. The van der Waals surface area contributed by atoms with Crippen LogP contribution >= 0.6 is 0 Å². The van der Waals surface area contributed by atoms with E-state index in [4.69, 9.17) is 9.16 Å². The molecule has 7 nitrogen and oxygen atoms in total. The van der Waals surface area contributed by atoms with E-state index < -0.39 is 32.1 Å². The fourth-order valence-electron chi connectivity index (χ4n) is 5.13. The second-order valence-corrected chi connectivity index (χ2v) is 15.8. The van der Waals surface area contributed by atoms with E-state index in [1.165, 1.54) is 10.4 Å². The standard InChI is InChI=1S/C28H40N2O5Si/c1-27(2,3)34-26(33)30-23-18-17-20(19-24(23)29-25(31)32)35-36(28(4,5)6,21-13-9-7-10-14-21)22-15-11-8-12-16-22/h7-16,20,23-24,29H,17-19H2,1-6H3,(H,30,33)(H,31,32)/t20?,23-,24+/m0/s1. The van der Waals surface area contributed by atoms with Gasteiger partial charge in [0.05, 0.1) is 12.1 Å². The van der Waals surface area contributed by atoms with E-state index >= 15 is 0 Å². The molecule has 2 amide bonds. The molecule has 1 aliphatic carbocycles. The lowest BCUT2D eigenvalue weighted by Gasteiger charge is -2.47. The van der Waals surface area contributed by atoms with E-state index in [0.29, 0.717) is 19.3 Å². The topological polar surface area (TPSA) is 96.9 Å². The van der Waals surface area contributed by atoms with Crippen LogP contribution in [-0.2, 0) is 9.16 Å². The van der Waals surface area contributed by atoms with Gasteiger partial charge in [0.1, 0.15) is 5.60 Å². The Balaban J connectivity index is 1.92. The molecule has 0 aliphatic heterocycles. The van der Waals surface area contributed by atoms with Gasteiger partial charge >= 0.3 is 12.2 Å². The van der Waals surface area contributed by atoms with Gasteiger partial charge < -0.3 is 24.9 Å². The molecule has 3 N–H and O–H groups in total. The number of alkyl carbamates (subject to hydrolysis) is 1. The summed E-state index contributed by atoms with van der Waals surface area (Å²) in [6, 6.07) is 19.9. The molecule has 8 heteroatoms. The van der Waals surface area contributed by atoms with Crippen molar-refractivity contribution in [2.24, 2.45) is 0 Å². The number of benzene rings is 2. The van der Waals surface area contributed by atoms with Crippen LogP contribution in [0.2, 0.25) is 5.04 Å². The van der Waals surface area contributed by atoms with Gasteiger partial charge in [-0.05, 0) is 55.4 Å². The van der Waals surface area contributed by atoms with Crippen molar-refractivity contribution in [3.63, 3.8) is 0 Å². The highest BCUT2D eigenvalue weighted by Crippen LogP contribution is 2.39. The third kappa shape index (κ3) is 6.67. The summed E-state index contributed by atoms with van der Waals surface area (Å²) in [4.78, 5) is 24.1. The highest BCUT2D eigenvalue weighted by atomic mass is 28.4. The summed E-state index contributed by atoms with van der Waals surface area (Å²) < 4.78 is 12.6. The second kappa shape index (κ2) is 11.0. The average Bonchev–Trinajstić information content (AvgIpc) is 2.78. The Morgan fingerprint density at radius 2 is 1.36 bits per heavy atom. The first-order valence-electron chi connectivity index (χ1n) is 12.6. The first-order chi connectivity index (χ1) is 16.8. The molecule has 0 spiro atoms. The molecule has 0 saturated heterocycles. The number of ether oxygens (including phenoxy) is 1. The van der Waals surface area contributed by atoms with Crippen LogP contribution in [0.1, 0.15) is 60.8 Å². The molecule has 0 bridgehead atoms. The molecular weight excluding hydrogens is 472 g/mol. The summed E-state index contributed by atoms with van der Waals surface area (Å²) in [7, 11) is -2.78. The van der Waals surface area contributed by atoms with Crippen LogP contribution in [0.25, 0.3) is 0 Å². The van der Waals surface area contributed by atoms with Crippen LogP contribution < -0.4 is 21.0 Å². The minimum atomic E-state index is -2.78. The van der Waals surface area contributed by atoms with Crippen molar-refractivity contribution >= 4 is 30.9 Å². The summed E-state index contributed by atoms with van der Waals surface area (Å²) >= 11 is 0. The van der Waals surface area contributed by atoms with E-state index in [2.05, 4.69) is 55.7 Å². The van der Waals surface area contributed by atoms with Crippen LogP contribution in [0.3, 0.4) is 0 Å². The molecule has 1 saturated carbocycles. The van der Waals surface area contributed by atoms with Gasteiger partial charge in [0, 0.05) is 6.10 Å². The number of hydrogen-bond acceptors (Lipinski definition) is 4. The summed E-state index contributed by atoms with van der Waals surface area (Å²) in [5.74, 6) is 0. The first-order valence-corrected chi connectivity index (χ1v) is 14.5. The van der Waals surface area contributed by atoms with Crippen molar-refractivity contribution in [3.05, 3.63) is 60.7 Å². The van der Waals surface area contributed by atoms with Crippen molar-refractivity contribution in [2.75, 3.05) is 0 Å². The van der Waals surface area contributed by atoms with Crippen LogP contribution in [0.4, 0.5) is 9.59 Å². The number of amides is 2. The smallest absolute Gasteiger partial charge is 0.407 e. The lowest BCUT2D eigenvalue weighted by Crippen LogP contribution is -2.68. The maximum absolute atomic E-state index is 12.4. The zero-order chi connectivity index (χ0) is 26.6. The highest BCUT2D eigenvalue weighted by molar-refractivity contribution is 6.99. The van der Waals surface area contributed by atoms with E-state index in [9.17, 15) is 14.7 Å². The van der Waals surface area contributed by atoms with Crippen LogP contribution in [0.5, 0.6) is 0 Å². The van der Waals surface area contributed by atoms with Crippen molar-refractivity contribution in [1.82, 2.24) is 10.6 Å². The number of hydrogen-bond donors (Lipinski definition) is 3. The lowest BCUT2D eigenvalue weighted by atomic mass is 9.88. The molecule has 1 unspecified atom stereocenters. The Morgan fingerprint density at radius 1 is 0.833 bits per heavy atom. The monoisotopic (exact) mass is 512 g/mol. The largest absolute Gasteiger partial charge is 0.465 e. The van der Waals surface area contributed by atoms with E-state index in [1.54, 1.807) is 20.8 Å². The summed E-state index contributed by atoms with van der Waals surface area (Å²) in [6.07, 6.45) is -0.115. The van der Waals surface area contributed by atoms with Gasteiger partial charge in [-0.2, -0.15) is 0 Å². The van der Waals surface area contributed by atoms with Crippen LogP contribution in [-0.4, -0.2) is 49.4 Å². The molecule has 0 heterocycles. The summed E-state index contributed by atoms with van der Waals surface area (Å²) in [5, 5.41) is 17.2.